The van der Waals surface area contributed by atoms with Crippen LogP contribution in [0.15, 0.2) is 24.3 Å². The lowest BCUT2D eigenvalue weighted by molar-refractivity contribution is 0.195. The molecular weight excluding hydrogens is 251 g/mol. The highest BCUT2D eigenvalue weighted by molar-refractivity contribution is 8.00. The molecule has 2 aliphatic heterocycles. The lowest BCUT2D eigenvalue weighted by Crippen LogP contribution is -2.45. The first-order valence-corrected chi connectivity index (χ1v) is 7.18. The quantitative estimate of drug-likeness (QED) is 0.890. The number of urea groups is 1. The number of halogens is 1. The van der Waals surface area contributed by atoms with Crippen LogP contribution in [0.4, 0.5) is 9.18 Å². The average Bonchev–Trinajstić information content (AvgIpc) is 3.00. The van der Waals surface area contributed by atoms with Crippen molar-refractivity contribution < 1.29 is 9.18 Å². The predicted molar refractivity (Wildman–Crippen MR) is 70.0 cm³/mol. The van der Waals surface area contributed by atoms with Gasteiger partial charge in [0.05, 0.1) is 0 Å². The molecule has 1 aromatic rings. The maximum Gasteiger partial charge on any atom is 0.317 e. The van der Waals surface area contributed by atoms with Gasteiger partial charge >= 0.3 is 6.03 Å². The number of nitrogens with zero attached hydrogens (tertiary/aromatic N) is 1. The lowest BCUT2D eigenvalue weighted by Gasteiger charge is -2.26. The molecule has 0 unspecified atom stereocenters. The van der Waals surface area contributed by atoms with Gasteiger partial charge in [0, 0.05) is 30.1 Å². The summed E-state index contributed by atoms with van der Waals surface area (Å²) in [6.45, 7) is 1.32. The van der Waals surface area contributed by atoms with Crippen LogP contribution in [0.1, 0.15) is 12.0 Å². The van der Waals surface area contributed by atoms with Crippen LogP contribution in [-0.4, -0.2) is 34.5 Å². The second kappa shape index (κ2) is 4.80. The highest BCUT2D eigenvalue weighted by Gasteiger charge is 2.40. The van der Waals surface area contributed by atoms with E-state index in [0.29, 0.717) is 17.8 Å². The molecule has 3 nitrogen and oxygen atoms in total. The number of carbonyl (C=O) groups is 1. The molecule has 2 bridgehead atoms. The summed E-state index contributed by atoms with van der Waals surface area (Å²) in [7, 11) is 0. The number of hydrogen-bond donors (Lipinski definition) is 1. The van der Waals surface area contributed by atoms with Gasteiger partial charge in [-0.1, -0.05) is 12.1 Å². The first kappa shape index (κ1) is 11.8. The summed E-state index contributed by atoms with van der Waals surface area (Å²) in [6, 6.07) is 6.63. The second-order valence-electron chi connectivity index (χ2n) is 4.78. The maximum atomic E-state index is 12.7. The number of fused-ring (bicyclic) bond motifs is 2. The summed E-state index contributed by atoms with van der Waals surface area (Å²) < 4.78 is 12.7. The van der Waals surface area contributed by atoms with Gasteiger partial charge in [0.2, 0.25) is 0 Å². The van der Waals surface area contributed by atoms with E-state index in [-0.39, 0.29) is 11.8 Å². The number of carbonyl (C=O) groups excluding carboxylic acids is 1. The molecule has 5 heteroatoms. The van der Waals surface area contributed by atoms with E-state index in [1.54, 1.807) is 12.1 Å². The fraction of sp³-hybridized carbons (Fsp3) is 0.462. The number of rotatable bonds is 2. The van der Waals surface area contributed by atoms with Crippen molar-refractivity contribution >= 4 is 17.8 Å². The molecule has 2 amide bonds. The normalized spacial score (nSPS) is 25.5. The number of benzene rings is 1. The topological polar surface area (TPSA) is 32.3 Å². The third-order valence-electron chi connectivity index (χ3n) is 3.52. The van der Waals surface area contributed by atoms with Crippen LogP contribution in [0, 0.1) is 5.82 Å². The first-order valence-electron chi connectivity index (χ1n) is 6.13. The number of likely N-dealkylation sites (tertiary alicyclic amines) is 1. The molecule has 2 heterocycles. The van der Waals surface area contributed by atoms with Gasteiger partial charge in [-0.3, -0.25) is 0 Å². The summed E-state index contributed by atoms with van der Waals surface area (Å²) in [4.78, 5) is 13.9. The Labute approximate surface area is 110 Å². The Morgan fingerprint density at radius 2 is 2.22 bits per heavy atom. The van der Waals surface area contributed by atoms with Crippen LogP contribution in [-0.2, 0) is 6.54 Å². The van der Waals surface area contributed by atoms with Crippen molar-refractivity contribution in [3.8, 4) is 0 Å². The molecule has 2 fully saturated rings. The molecule has 0 aromatic heterocycles. The van der Waals surface area contributed by atoms with Crippen LogP contribution < -0.4 is 5.32 Å². The smallest absolute Gasteiger partial charge is 0.317 e. The van der Waals surface area contributed by atoms with Gasteiger partial charge < -0.3 is 10.2 Å². The molecule has 96 valence electrons. The minimum absolute atomic E-state index is 0.00660. The zero-order chi connectivity index (χ0) is 12.5. The van der Waals surface area contributed by atoms with E-state index in [0.717, 1.165) is 24.3 Å². The van der Waals surface area contributed by atoms with Gasteiger partial charge in [-0.25, -0.2) is 9.18 Å². The Morgan fingerprint density at radius 3 is 2.83 bits per heavy atom. The number of amides is 2. The molecule has 18 heavy (non-hydrogen) atoms. The Kier molecular flexibility index (Phi) is 3.16. The molecule has 3 rings (SSSR count). The van der Waals surface area contributed by atoms with Crippen LogP contribution in [0.3, 0.4) is 0 Å². The van der Waals surface area contributed by atoms with Crippen LogP contribution in [0.25, 0.3) is 0 Å². The van der Waals surface area contributed by atoms with Crippen LogP contribution in [0.5, 0.6) is 0 Å². The van der Waals surface area contributed by atoms with E-state index in [2.05, 4.69) is 5.32 Å². The molecule has 2 saturated heterocycles. The largest absolute Gasteiger partial charge is 0.334 e. The van der Waals surface area contributed by atoms with Crippen LogP contribution in [0.2, 0.25) is 0 Å². The minimum Gasteiger partial charge on any atom is -0.334 e. The van der Waals surface area contributed by atoms with Crippen molar-refractivity contribution in [1.82, 2.24) is 10.2 Å². The van der Waals surface area contributed by atoms with E-state index in [4.69, 9.17) is 0 Å². The molecule has 0 saturated carbocycles. The summed E-state index contributed by atoms with van der Waals surface area (Å²) in [6.07, 6.45) is 1.13. The summed E-state index contributed by atoms with van der Waals surface area (Å²) in [5.41, 5.74) is 0.920. The van der Waals surface area contributed by atoms with Gasteiger partial charge in [0.25, 0.3) is 0 Å². The standard InChI is InChI=1S/C13H15FN2OS/c14-10-3-1-9(2-4-10)6-15-13(17)16-7-12-5-11(16)8-18-12/h1-4,11-12H,5-8H2,(H,15,17)/t11-,12+/m0/s1. The zero-order valence-electron chi connectivity index (χ0n) is 9.93. The van der Waals surface area contributed by atoms with Crippen molar-refractivity contribution in [2.45, 2.75) is 24.3 Å². The van der Waals surface area contributed by atoms with Crippen molar-refractivity contribution in [3.05, 3.63) is 35.6 Å². The van der Waals surface area contributed by atoms with Crippen molar-refractivity contribution in [3.63, 3.8) is 0 Å². The lowest BCUT2D eigenvalue weighted by atomic mass is 10.2. The number of thioether (sulfide) groups is 1. The zero-order valence-corrected chi connectivity index (χ0v) is 10.8. The third kappa shape index (κ3) is 2.32. The molecule has 0 aliphatic carbocycles. The van der Waals surface area contributed by atoms with Gasteiger partial charge in [-0.05, 0) is 24.1 Å². The summed E-state index contributed by atoms with van der Waals surface area (Å²) in [5, 5.41) is 3.53. The van der Waals surface area contributed by atoms with E-state index >= 15 is 0 Å². The van der Waals surface area contributed by atoms with Gasteiger partial charge in [0.1, 0.15) is 5.82 Å². The molecular formula is C13H15FN2OS. The molecule has 1 aromatic carbocycles. The van der Waals surface area contributed by atoms with E-state index in [1.165, 1.54) is 12.1 Å². The predicted octanol–water partition coefficient (Wildman–Crippen LogP) is 2.23. The fourth-order valence-electron chi connectivity index (χ4n) is 2.53. The second-order valence-corrected chi connectivity index (χ2v) is 6.12. The SMILES string of the molecule is O=C(NCc1ccc(F)cc1)N1C[C@H]2C[C@H]1CS2. The number of hydrogen-bond acceptors (Lipinski definition) is 2. The van der Waals surface area contributed by atoms with E-state index < -0.39 is 0 Å². The summed E-state index contributed by atoms with van der Waals surface area (Å²) in [5.74, 6) is 0.813. The van der Waals surface area contributed by atoms with E-state index in [1.807, 2.05) is 16.7 Å². The van der Waals surface area contributed by atoms with Crippen molar-refractivity contribution in [2.75, 3.05) is 12.3 Å². The molecule has 2 aliphatic rings. The van der Waals surface area contributed by atoms with Crippen molar-refractivity contribution in [2.24, 2.45) is 0 Å². The minimum atomic E-state index is -0.251. The Balaban J connectivity index is 1.54. The molecule has 0 radical (unpaired) electrons. The Bertz CT molecular complexity index is 451. The molecule has 0 spiro atoms. The highest BCUT2D eigenvalue weighted by atomic mass is 32.2. The third-order valence-corrected chi connectivity index (χ3v) is 4.91. The Morgan fingerprint density at radius 1 is 1.44 bits per heavy atom. The first-order chi connectivity index (χ1) is 8.72. The Hall–Kier alpha value is -1.23. The highest BCUT2D eigenvalue weighted by Crippen LogP contribution is 2.37. The monoisotopic (exact) mass is 266 g/mol. The van der Waals surface area contributed by atoms with Gasteiger partial charge in [-0.2, -0.15) is 11.8 Å². The summed E-state index contributed by atoms with van der Waals surface area (Å²) >= 11 is 1.97. The average molecular weight is 266 g/mol. The molecule has 2 atom stereocenters. The number of nitrogens with one attached hydrogen (secondary N) is 1. The molecule has 1 N–H and O–H groups in total. The van der Waals surface area contributed by atoms with Crippen LogP contribution >= 0.6 is 11.8 Å². The maximum absolute atomic E-state index is 12.7. The van der Waals surface area contributed by atoms with Gasteiger partial charge in [-0.15, -0.1) is 0 Å². The fourth-order valence-corrected chi connectivity index (χ4v) is 3.96. The van der Waals surface area contributed by atoms with Crippen molar-refractivity contribution in [1.29, 1.82) is 0 Å². The van der Waals surface area contributed by atoms with E-state index in [9.17, 15) is 9.18 Å². The van der Waals surface area contributed by atoms with Gasteiger partial charge in [0.15, 0.2) is 0 Å².